The quantitative estimate of drug-likeness (QED) is 0.354. The molecule has 0 amide bonds. The first-order chi connectivity index (χ1) is 13.8. The minimum absolute atomic E-state index is 0.525. The van der Waals surface area contributed by atoms with E-state index in [-0.39, 0.29) is 0 Å². The van der Waals surface area contributed by atoms with Gasteiger partial charge in [0.05, 0.1) is 39.0 Å². The summed E-state index contributed by atoms with van der Waals surface area (Å²) in [5.41, 5.74) is 4.52. The first kappa shape index (κ1) is 21.7. The summed E-state index contributed by atoms with van der Waals surface area (Å²) >= 11 is 0. The summed E-state index contributed by atoms with van der Waals surface area (Å²) in [7, 11) is 0. The standard InChI is InChI=1S/C24H30O4/c1-21(23-9-5-3-6-10-23)19-27-17-15-25-13-14-26-16-18-28-20-22(2)24-11-7-4-8-12-24/h3-12,19-20H,13-18H2,1-2H3. The number of benzene rings is 2. The molecule has 150 valence electrons. The summed E-state index contributed by atoms with van der Waals surface area (Å²) in [6, 6.07) is 20.3. The fourth-order valence-corrected chi connectivity index (χ4v) is 2.44. The third-order valence-electron chi connectivity index (χ3n) is 4.04. The second-order valence-corrected chi connectivity index (χ2v) is 6.30. The van der Waals surface area contributed by atoms with Crippen molar-refractivity contribution >= 4 is 11.1 Å². The van der Waals surface area contributed by atoms with Gasteiger partial charge in [-0.1, -0.05) is 60.7 Å². The number of ether oxygens (including phenoxy) is 4. The number of allylic oxidation sites excluding steroid dienone is 2. The lowest BCUT2D eigenvalue weighted by Crippen LogP contribution is -2.10. The topological polar surface area (TPSA) is 36.9 Å². The zero-order chi connectivity index (χ0) is 19.9. The van der Waals surface area contributed by atoms with Gasteiger partial charge < -0.3 is 18.9 Å². The molecule has 2 aromatic carbocycles. The van der Waals surface area contributed by atoms with Crippen molar-refractivity contribution in [3.8, 4) is 0 Å². The second-order valence-electron chi connectivity index (χ2n) is 6.30. The zero-order valence-corrected chi connectivity index (χ0v) is 16.8. The Morgan fingerprint density at radius 1 is 0.571 bits per heavy atom. The molecule has 0 aromatic heterocycles. The first-order valence-corrected chi connectivity index (χ1v) is 9.60. The number of rotatable bonds is 13. The van der Waals surface area contributed by atoms with Crippen LogP contribution in [0.4, 0.5) is 0 Å². The van der Waals surface area contributed by atoms with Gasteiger partial charge in [-0.2, -0.15) is 0 Å². The molecule has 2 rings (SSSR count). The molecule has 0 heterocycles. The summed E-state index contributed by atoms with van der Waals surface area (Å²) in [4.78, 5) is 0. The molecule has 2 aromatic rings. The third kappa shape index (κ3) is 8.89. The molecule has 0 fully saturated rings. The van der Waals surface area contributed by atoms with Gasteiger partial charge in [-0.15, -0.1) is 0 Å². The Balaban J connectivity index is 1.43. The zero-order valence-electron chi connectivity index (χ0n) is 16.8. The smallest absolute Gasteiger partial charge is 0.111 e. The van der Waals surface area contributed by atoms with E-state index in [1.54, 1.807) is 12.5 Å². The highest BCUT2D eigenvalue weighted by Crippen LogP contribution is 2.13. The van der Waals surface area contributed by atoms with Gasteiger partial charge in [0.25, 0.3) is 0 Å². The normalized spacial score (nSPS) is 12.1. The molecule has 0 aliphatic carbocycles. The van der Waals surface area contributed by atoms with E-state index in [0.29, 0.717) is 39.6 Å². The molecule has 0 aliphatic heterocycles. The molecule has 0 spiro atoms. The highest BCUT2D eigenvalue weighted by atomic mass is 16.6. The van der Waals surface area contributed by atoms with Crippen LogP contribution in [0.5, 0.6) is 0 Å². The molecule has 0 bridgehead atoms. The Morgan fingerprint density at radius 3 is 1.32 bits per heavy atom. The third-order valence-corrected chi connectivity index (χ3v) is 4.04. The lowest BCUT2D eigenvalue weighted by atomic mass is 10.1. The van der Waals surface area contributed by atoms with Crippen LogP contribution in [0.25, 0.3) is 11.1 Å². The molecule has 0 radical (unpaired) electrons. The van der Waals surface area contributed by atoms with Crippen molar-refractivity contribution in [2.24, 2.45) is 0 Å². The van der Waals surface area contributed by atoms with Gasteiger partial charge in [0.1, 0.15) is 13.2 Å². The molecule has 0 saturated heterocycles. The Labute approximate surface area is 168 Å². The summed E-state index contributed by atoms with van der Waals surface area (Å²) in [5.74, 6) is 0. The van der Waals surface area contributed by atoms with Crippen LogP contribution < -0.4 is 0 Å². The van der Waals surface area contributed by atoms with Crippen molar-refractivity contribution in [3.63, 3.8) is 0 Å². The number of hydrogen-bond donors (Lipinski definition) is 0. The van der Waals surface area contributed by atoms with Gasteiger partial charge in [0.15, 0.2) is 0 Å². The number of hydrogen-bond acceptors (Lipinski definition) is 4. The molecular weight excluding hydrogens is 352 g/mol. The maximum Gasteiger partial charge on any atom is 0.111 e. The van der Waals surface area contributed by atoms with E-state index >= 15 is 0 Å². The van der Waals surface area contributed by atoms with E-state index in [0.717, 1.165) is 22.3 Å². The van der Waals surface area contributed by atoms with Crippen molar-refractivity contribution in [3.05, 3.63) is 84.3 Å². The molecule has 0 saturated carbocycles. The Kier molecular flexibility index (Phi) is 10.5. The Morgan fingerprint density at radius 2 is 0.929 bits per heavy atom. The molecule has 0 aliphatic rings. The van der Waals surface area contributed by atoms with Crippen molar-refractivity contribution < 1.29 is 18.9 Å². The maximum atomic E-state index is 5.51. The van der Waals surface area contributed by atoms with Crippen LogP contribution in [0.3, 0.4) is 0 Å². The van der Waals surface area contributed by atoms with E-state index in [2.05, 4.69) is 24.3 Å². The van der Waals surface area contributed by atoms with Crippen LogP contribution in [0, 0.1) is 0 Å². The summed E-state index contributed by atoms with van der Waals surface area (Å²) in [6.07, 6.45) is 3.55. The average Bonchev–Trinajstić information content (AvgIpc) is 2.75. The molecule has 0 unspecified atom stereocenters. The van der Waals surface area contributed by atoms with Gasteiger partial charge in [-0.25, -0.2) is 0 Å². The highest BCUT2D eigenvalue weighted by molar-refractivity contribution is 5.62. The van der Waals surface area contributed by atoms with Gasteiger partial charge >= 0.3 is 0 Å². The van der Waals surface area contributed by atoms with Gasteiger partial charge in [0.2, 0.25) is 0 Å². The lowest BCUT2D eigenvalue weighted by Gasteiger charge is -2.07. The summed E-state index contributed by atoms with van der Waals surface area (Å²) in [6.45, 7) is 7.28. The van der Waals surface area contributed by atoms with Crippen LogP contribution in [0.15, 0.2) is 73.2 Å². The molecule has 28 heavy (non-hydrogen) atoms. The Bertz CT molecular complexity index is 644. The first-order valence-electron chi connectivity index (χ1n) is 9.60. The predicted octanol–water partition coefficient (Wildman–Crippen LogP) is 5.17. The molecule has 4 nitrogen and oxygen atoms in total. The fourth-order valence-electron chi connectivity index (χ4n) is 2.44. The molecule has 4 heteroatoms. The van der Waals surface area contributed by atoms with Gasteiger partial charge in [-0.05, 0) is 36.1 Å². The van der Waals surface area contributed by atoms with E-state index in [1.807, 2.05) is 50.2 Å². The molecular formula is C24H30O4. The average molecular weight is 382 g/mol. The van der Waals surface area contributed by atoms with Crippen LogP contribution in [-0.2, 0) is 18.9 Å². The SMILES string of the molecule is CC(=COCCOCCOCCOC=C(C)c1ccccc1)c1ccccc1. The van der Waals surface area contributed by atoms with Crippen molar-refractivity contribution in [2.75, 3.05) is 39.6 Å². The second kappa shape index (κ2) is 13.6. The van der Waals surface area contributed by atoms with E-state index in [1.165, 1.54) is 0 Å². The van der Waals surface area contributed by atoms with Gasteiger partial charge in [-0.3, -0.25) is 0 Å². The van der Waals surface area contributed by atoms with E-state index in [9.17, 15) is 0 Å². The predicted molar refractivity (Wildman–Crippen MR) is 114 cm³/mol. The maximum absolute atomic E-state index is 5.51. The van der Waals surface area contributed by atoms with E-state index in [4.69, 9.17) is 18.9 Å². The Hall–Kier alpha value is -2.56. The van der Waals surface area contributed by atoms with Crippen LogP contribution >= 0.6 is 0 Å². The summed E-state index contributed by atoms with van der Waals surface area (Å²) in [5, 5.41) is 0. The minimum atomic E-state index is 0.525. The largest absolute Gasteiger partial charge is 0.498 e. The van der Waals surface area contributed by atoms with Gasteiger partial charge in [0, 0.05) is 0 Å². The molecule has 0 N–H and O–H groups in total. The van der Waals surface area contributed by atoms with Crippen molar-refractivity contribution in [2.45, 2.75) is 13.8 Å². The summed E-state index contributed by atoms with van der Waals surface area (Å²) < 4.78 is 22.0. The molecule has 0 atom stereocenters. The van der Waals surface area contributed by atoms with Crippen LogP contribution in [0.1, 0.15) is 25.0 Å². The van der Waals surface area contributed by atoms with Crippen LogP contribution in [-0.4, -0.2) is 39.6 Å². The monoisotopic (exact) mass is 382 g/mol. The lowest BCUT2D eigenvalue weighted by molar-refractivity contribution is 0.0187. The highest BCUT2D eigenvalue weighted by Gasteiger charge is 1.96. The fraction of sp³-hybridized carbons (Fsp3) is 0.333. The van der Waals surface area contributed by atoms with E-state index < -0.39 is 0 Å². The van der Waals surface area contributed by atoms with Crippen LogP contribution in [0.2, 0.25) is 0 Å². The van der Waals surface area contributed by atoms with Crippen molar-refractivity contribution in [1.82, 2.24) is 0 Å². The van der Waals surface area contributed by atoms with Crippen molar-refractivity contribution in [1.29, 1.82) is 0 Å². The minimum Gasteiger partial charge on any atom is -0.498 e.